The van der Waals surface area contributed by atoms with E-state index in [1.54, 1.807) is 6.26 Å². The van der Waals surface area contributed by atoms with E-state index in [0.29, 0.717) is 0 Å². The van der Waals surface area contributed by atoms with Gasteiger partial charge in [-0.3, -0.25) is 9.59 Å². The van der Waals surface area contributed by atoms with E-state index in [0.717, 1.165) is 34.2 Å². The molecule has 0 saturated carbocycles. The maximum Gasteiger partial charge on any atom is 1.00 e. The van der Waals surface area contributed by atoms with Crippen molar-refractivity contribution >= 4 is 69.5 Å². The van der Waals surface area contributed by atoms with E-state index in [1.165, 1.54) is 22.0 Å². The number of carbonyl (C=O) groups is 4. The topological polar surface area (TPSA) is 176 Å². The predicted octanol–water partition coefficient (Wildman–Crippen LogP) is -1.97. The van der Waals surface area contributed by atoms with E-state index in [1.807, 2.05) is 60.7 Å². The van der Waals surface area contributed by atoms with Gasteiger partial charge < -0.3 is 35.4 Å². The molecule has 2 fully saturated rings. The molecule has 16 heteroatoms. The number of thioether (sulfide) groups is 2. The molecule has 3 N–H and O–H groups in total. The minimum absolute atomic E-state index is 0. The molecule has 2 aromatic carbocycles. The van der Waals surface area contributed by atoms with Crippen LogP contribution in [-0.2, 0) is 28.8 Å². The van der Waals surface area contributed by atoms with Crippen LogP contribution in [0.4, 0.5) is 5.13 Å². The third-order valence-electron chi connectivity index (χ3n) is 6.88. The normalized spacial score (nSPS) is 21.0. The number of aromatic nitrogens is 1. The second-order valence-electron chi connectivity index (χ2n) is 9.58. The summed E-state index contributed by atoms with van der Waals surface area (Å²) in [5, 5.41) is 19.4. The number of hydrogen-bond donors (Lipinski definition) is 2. The number of hydrogen-bond acceptors (Lipinski definition) is 13. The average molecular weight is 664 g/mol. The summed E-state index contributed by atoms with van der Waals surface area (Å²) >= 11 is 3.43. The fraction of sp³-hybridized carbons (Fsp3) is 0.286. The van der Waals surface area contributed by atoms with Gasteiger partial charge in [-0.2, -0.15) is 0 Å². The fourth-order valence-corrected chi connectivity index (χ4v) is 7.63. The number of thiazole rings is 1. The van der Waals surface area contributed by atoms with Crippen molar-refractivity contribution < 1.29 is 63.4 Å². The van der Waals surface area contributed by atoms with Crippen molar-refractivity contribution in [1.82, 2.24) is 15.2 Å². The van der Waals surface area contributed by atoms with Gasteiger partial charge in [0.25, 0.3) is 5.91 Å². The van der Waals surface area contributed by atoms with E-state index in [-0.39, 0.29) is 58.4 Å². The maximum absolute atomic E-state index is 13.3. The Balaban J connectivity index is 0.00000442. The summed E-state index contributed by atoms with van der Waals surface area (Å²) in [4.78, 5) is 61.4. The smallest absolute Gasteiger partial charge is 0.549 e. The van der Waals surface area contributed by atoms with Gasteiger partial charge in [-0.15, -0.1) is 34.9 Å². The van der Waals surface area contributed by atoms with Gasteiger partial charge in [-0.25, -0.2) is 9.78 Å². The monoisotopic (exact) mass is 663 g/mol. The van der Waals surface area contributed by atoms with Crippen LogP contribution >= 0.6 is 34.9 Å². The third-order valence-corrected chi connectivity index (χ3v) is 10.5. The average Bonchev–Trinajstić information content (AvgIpc) is 3.46. The fourth-order valence-electron chi connectivity index (χ4n) is 4.59. The molecule has 2 aliphatic rings. The molecule has 0 spiro atoms. The summed E-state index contributed by atoms with van der Waals surface area (Å²) in [5.74, 6) is -2.96. The number of anilines is 1. The van der Waals surface area contributed by atoms with Crippen molar-refractivity contribution in [3.63, 3.8) is 0 Å². The summed E-state index contributed by atoms with van der Waals surface area (Å²) in [6, 6.07) is 17.5. The maximum atomic E-state index is 13.3. The molecule has 0 bridgehead atoms. The number of nitrogens with zero attached hydrogens (tertiary/aromatic N) is 3. The molecule has 12 nitrogen and oxygen atoms in total. The zero-order chi connectivity index (χ0) is 30.6. The number of amides is 2. The molecular formula is C28H26N5NaO7S3. The number of carboxylic acid groups (broad SMARTS) is 1. The molecule has 2 amide bonds. The Morgan fingerprint density at radius 2 is 1.82 bits per heavy atom. The molecule has 3 atom stereocenters. The molecule has 3 heterocycles. The summed E-state index contributed by atoms with van der Waals surface area (Å²) in [5.41, 5.74) is 7.09. The Morgan fingerprint density at radius 1 is 1.18 bits per heavy atom. The van der Waals surface area contributed by atoms with Crippen molar-refractivity contribution in [3.8, 4) is 0 Å². The van der Waals surface area contributed by atoms with Crippen LogP contribution < -0.4 is 45.7 Å². The zero-order valence-corrected chi connectivity index (χ0v) is 28.2. The summed E-state index contributed by atoms with van der Waals surface area (Å²) < 4.78 is 4.49. The summed E-state index contributed by atoms with van der Waals surface area (Å²) in [7, 11) is 0. The number of benzene rings is 2. The van der Waals surface area contributed by atoms with E-state index in [9.17, 15) is 24.3 Å². The second-order valence-corrected chi connectivity index (χ2v) is 12.8. The Labute approximate surface area is 287 Å². The van der Waals surface area contributed by atoms with Gasteiger partial charge >= 0.3 is 35.5 Å². The number of carbonyl (C=O) groups excluding carboxylic acids is 4. The van der Waals surface area contributed by atoms with Crippen LogP contribution in [0.15, 0.2) is 71.2 Å². The van der Waals surface area contributed by atoms with Crippen LogP contribution in [0.2, 0.25) is 0 Å². The van der Waals surface area contributed by atoms with Crippen LogP contribution in [-0.4, -0.2) is 80.7 Å². The van der Waals surface area contributed by atoms with E-state index in [2.05, 4.69) is 15.5 Å². The van der Waals surface area contributed by atoms with Gasteiger partial charge in [0.2, 0.25) is 12.5 Å². The second kappa shape index (κ2) is 14.8. The van der Waals surface area contributed by atoms with Crippen LogP contribution in [0.1, 0.15) is 22.9 Å². The number of carboxylic acids is 1. The molecule has 3 aromatic rings. The van der Waals surface area contributed by atoms with Gasteiger partial charge in [0.1, 0.15) is 17.1 Å². The Morgan fingerprint density at radius 3 is 2.36 bits per heavy atom. The first-order valence-electron chi connectivity index (χ1n) is 12.9. The number of nitrogen functional groups attached to an aromatic ring is 1. The summed E-state index contributed by atoms with van der Waals surface area (Å²) in [6.07, 6.45) is 0.966. The molecule has 0 radical (unpaired) electrons. The van der Waals surface area contributed by atoms with Crippen LogP contribution in [0.25, 0.3) is 0 Å². The van der Waals surface area contributed by atoms with Crippen molar-refractivity contribution in [2.24, 2.45) is 5.16 Å². The van der Waals surface area contributed by atoms with Gasteiger partial charge in [-0.1, -0.05) is 65.8 Å². The first-order chi connectivity index (χ1) is 20.7. The van der Waals surface area contributed by atoms with E-state index >= 15 is 0 Å². The number of β-lactam (4-membered cyclic amide) rings is 1. The Bertz CT molecular complexity index is 1510. The number of esters is 1. The molecule has 44 heavy (non-hydrogen) atoms. The van der Waals surface area contributed by atoms with Gasteiger partial charge in [0, 0.05) is 17.7 Å². The quantitative estimate of drug-likeness (QED) is 0.0766. The van der Waals surface area contributed by atoms with Crippen LogP contribution in [0, 0.1) is 0 Å². The zero-order valence-electron chi connectivity index (χ0n) is 23.7. The molecule has 5 rings (SSSR count). The standard InChI is InChI=1S/C28H27N5O7S3.Na/c1-41-28(26(37)38)14-33-24(36)21(25(33)43-15-28)31-23(35)20(18-13-42-27(29)30-18)32-39-12-19(34)40-22(16-8-4-2-5-9-16)17-10-6-3-7-11-17;/h2-11,13,21-22,25H,12,14-15H2,1H3,(H2,29,30)(H,31,35)(H,37,38);/q;+1/p-1/t21?,25-,28?;/m1./s1. The van der Waals surface area contributed by atoms with Crippen LogP contribution in [0.3, 0.4) is 0 Å². The summed E-state index contributed by atoms with van der Waals surface area (Å²) in [6.45, 7) is -0.637. The SMILES string of the molecule is CSC1(C(=O)[O-])CS[C@@H]2C(NC(=O)C(=NOCC(=O)OC(c3ccccc3)c3ccccc3)c3csc(N)n3)C(=O)N2C1.[Na+]. The van der Waals surface area contributed by atoms with Crippen molar-refractivity contribution in [2.75, 3.05) is 30.9 Å². The predicted molar refractivity (Wildman–Crippen MR) is 161 cm³/mol. The van der Waals surface area contributed by atoms with Gasteiger partial charge in [0.05, 0.1) is 10.7 Å². The number of oxime groups is 1. The van der Waals surface area contributed by atoms with Crippen LogP contribution in [0.5, 0.6) is 0 Å². The minimum Gasteiger partial charge on any atom is -0.549 e. The van der Waals surface area contributed by atoms with E-state index < -0.39 is 52.6 Å². The molecule has 2 aliphatic heterocycles. The third kappa shape index (κ3) is 7.24. The minimum atomic E-state index is -1.24. The molecule has 1 aromatic heterocycles. The number of rotatable bonds is 11. The van der Waals surface area contributed by atoms with Gasteiger partial charge in [-0.05, 0) is 17.4 Å². The van der Waals surface area contributed by atoms with Gasteiger partial charge in [0.15, 0.2) is 16.9 Å². The number of nitrogens with two attached hydrogens (primary N) is 1. The number of fused-ring (bicyclic) bond motifs is 1. The largest absolute Gasteiger partial charge is 1.00 e. The van der Waals surface area contributed by atoms with Crippen molar-refractivity contribution in [2.45, 2.75) is 22.3 Å². The van der Waals surface area contributed by atoms with Crippen molar-refractivity contribution in [3.05, 3.63) is 82.9 Å². The first kappa shape index (κ1) is 33.8. The van der Waals surface area contributed by atoms with E-state index in [4.69, 9.17) is 15.3 Å². The Kier molecular flexibility index (Phi) is 11.4. The number of aliphatic carboxylic acids is 1. The molecule has 2 saturated heterocycles. The Hall–Kier alpha value is -3.08. The molecule has 0 aliphatic carbocycles. The first-order valence-corrected chi connectivity index (χ1v) is 16.1. The molecule has 224 valence electrons. The number of ether oxygens (including phenoxy) is 1. The van der Waals surface area contributed by atoms with Crippen molar-refractivity contribution in [1.29, 1.82) is 0 Å². The molecule has 2 unspecified atom stereocenters. The number of nitrogens with one attached hydrogen (secondary N) is 1. The molecular weight excluding hydrogens is 638 g/mol.